The van der Waals surface area contributed by atoms with Gasteiger partial charge in [-0.05, 0) is 18.2 Å². The molecule has 0 aliphatic rings. The van der Waals surface area contributed by atoms with Crippen LogP contribution in [-0.2, 0) is 0 Å². The average Bonchev–Trinajstić information content (AvgIpc) is 2.73. The highest BCUT2D eigenvalue weighted by atomic mass is 35.5. The van der Waals surface area contributed by atoms with E-state index in [2.05, 4.69) is 9.97 Å². The SMILES string of the molecule is N=C(N)c1cc(Cl)ccc1Sc1ncc[nH]1. The molecule has 1 heterocycles. The Hall–Kier alpha value is -1.46. The van der Waals surface area contributed by atoms with Crippen LogP contribution >= 0.6 is 23.4 Å². The molecule has 6 heteroatoms. The van der Waals surface area contributed by atoms with Crippen molar-refractivity contribution in [2.75, 3.05) is 0 Å². The Labute approximate surface area is 102 Å². The molecule has 2 aromatic rings. The molecule has 1 aromatic heterocycles. The molecule has 4 N–H and O–H groups in total. The lowest BCUT2D eigenvalue weighted by Gasteiger charge is -2.06. The van der Waals surface area contributed by atoms with Gasteiger partial charge in [0.15, 0.2) is 5.16 Å². The van der Waals surface area contributed by atoms with Crippen molar-refractivity contribution in [2.45, 2.75) is 10.1 Å². The zero-order valence-corrected chi connectivity index (χ0v) is 9.77. The van der Waals surface area contributed by atoms with E-state index < -0.39 is 0 Å². The number of rotatable bonds is 3. The topological polar surface area (TPSA) is 78.6 Å². The van der Waals surface area contributed by atoms with Crippen molar-refractivity contribution in [3.05, 3.63) is 41.2 Å². The first-order chi connectivity index (χ1) is 7.66. The van der Waals surface area contributed by atoms with E-state index in [1.807, 2.05) is 6.07 Å². The molecule has 0 atom stereocenters. The zero-order chi connectivity index (χ0) is 11.5. The number of nitrogens with zero attached hydrogens (tertiary/aromatic N) is 1. The van der Waals surface area contributed by atoms with Gasteiger partial charge in [-0.2, -0.15) is 0 Å². The minimum absolute atomic E-state index is 0.00319. The summed E-state index contributed by atoms with van der Waals surface area (Å²) < 4.78 is 0. The first-order valence-corrected chi connectivity index (χ1v) is 5.67. The molecule has 82 valence electrons. The van der Waals surface area contributed by atoms with Gasteiger partial charge in [0, 0.05) is 27.9 Å². The van der Waals surface area contributed by atoms with Crippen LogP contribution in [0, 0.1) is 5.41 Å². The van der Waals surface area contributed by atoms with E-state index in [1.54, 1.807) is 24.5 Å². The van der Waals surface area contributed by atoms with Crippen LogP contribution in [0.5, 0.6) is 0 Å². The molecule has 0 saturated carbocycles. The predicted octanol–water partition coefficient (Wildman–Crippen LogP) is 2.50. The quantitative estimate of drug-likeness (QED) is 0.580. The van der Waals surface area contributed by atoms with Gasteiger partial charge in [-0.1, -0.05) is 23.4 Å². The Morgan fingerprint density at radius 3 is 2.94 bits per heavy atom. The Bertz CT molecular complexity index is 510. The van der Waals surface area contributed by atoms with Crippen LogP contribution in [0.3, 0.4) is 0 Å². The van der Waals surface area contributed by atoms with Crippen molar-refractivity contribution in [1.29, 1.82) is 5.41 Å². The number of imidazole rings is 1. The lowest BCUT2D eigenvalue weighted by atomic mass is 10.2. The number of aromatic nitrogens is 2. The smallest absolute Gasteiger partial charge is 0.170 e. The zero-order valence-electron chi connectivity index (χ0n) is 8.20. The molecule has 0 spiro atoms. The van der Waals surface area contributed by atoms with Crippen LogP contribution in [0.2, 0.25) is 5.02 Å². The molecule has 0 radical (unpaired) electrons. The van der Waals surface area contributed by atoms with Crippen molar-refractivity contribution >= 4 is 29.2 Å². The molecule has 1 aromatic carbocycles. The minimum Gasteiger partial charge on any atom is -0.384 e. The van der Waals surface area contributed by atoms with E-state index in [0.717, 1.165) is 10.1 Å². The van der Waals surface area contributed by atoms with Crippen LogP contribution in [0.4, 0.5) is 0 Å². The Kier molecular flexibility index (Phi) is 3.17. The normalized spacial score (nSPS) is 10.3. The molecule has 0 fully saturated rings. The summed E-state index contributed by atoms with van der Waals surface area (Å²) in [5.74, 6) is -0.00319. The van der Waals surface area contributed by atoms with Crippen LogP contribution < -0.4 is 5.73 Å². The molecule has 2 rings (SSSR count). The third-order valence-corrected chi connectivity index (χ3v) is 3.14. The van der Waals surface area contributed by atoms with Gasteiger partial charge in [-0.3, -0.25) is 5.41 Å². The number of halogens is 1. The van der Waals surface area contributed by atoms with E-state index in [9.17, 15) is 0 Å². The van der Waals surface area contributed by atoms with Crippen LogP contribution in [-0.4, -0.2) is 15.8 Å². The summed E-state index contributed by atoms with van der Waals surface area (Å²) in [6, 6.07) is 5.26. The number of hydrogen-bond acceptors (Lipinski definition) is 3. The van der Waals surface area contributed by atoms with E-state index in [-0.39, 0.29) is 5.84 Å². The van der Waals surface area contributed by atoms with Crippen molar-refractivity contribution in [1.82, 2.24) is 9.97 Å². The van der Waals surface area contributed by atoms with Gasteiger partial charge in [0.25, 0.3) is 0 Å². The summed E-state index contributed by atoms with van der Waals surface area (Å²) in [5.41, 5.74) is 6.11. The number of benzene rings is 1. The van der Waals surface area contributed by atoms with E-state index >= 15 is 0 Å². The summed E-state index contributed by atoms with van der Waals surface area (Å²) >= 11 is 7.27. The number of nitrogens with one attached hydrogen (secondary N) is 2. The first kappa shape index (κ1) is 11.0. The average molecular weight is 253 g/mol. The summed E-state index contributed by atoms with van der Waals surface area (Å²) in [7, 11) is 0. The first-order valence-electron chi connectivity index (χ1n) is 4.48. The molecule has 0 bridgehead atoms. The number of hydrogen-bond donors (Lipinski definition) is 3. The monoisotopic (exact) mass is 252 g/mol. The molecule has 0 aliphatic heterocycles. The minimum atomic E-state index is -0.00319. The van der Waals surface area contributed by atoms with E-state index in [1.165, 1.54) is 11.8 Å². The Morgan fingerprint density at radius 2 is 2.31 bits per heavy atom. The maximum atomic E-state index is 7.48. The van der Waals surface area contributed by atoms with Gasteiger partial charge >= 0.3 is 0 Å². The molecule has 16 heavy (non-hydrogen) atoms. The van der Waals surface area contributed by atoms with Crippen LogP contribution in [0.1, 0.15) is 5.56 Å². The number of aromatic amines is 1. The molecule has 0 saturated heterocycles. The number of amidine groups is 1. The fraction of sp³-hybridized carbons (Fsp3) is 0. The highest BCUT2D eigenvalue weighted by Crippen LogP contribution is 2.29. The van der Waals surface area contributed by atoms with Gasteiger partial charge in [-0.15, -0.1) is 0 Å². The van der Waals surface area contributed by atoms with Crippen molar-refractivity contribution < 1.29 is 0 Å². The number of nitrogens with two attached hydrogens (primary N) is 1. The van der Waals surface area contributed by atoms with Crippen LogP contribution in [0.25, 0.3) is 0 Å². The third kappa shape index (κ3) is 2.37. The molecule has 0 aliphatic carbocycles. The second-order valence-electron chi connectivity index (χ2n) is 3.05. The lowest BCUT2D eigenvalue weighted by Crippen LogP contribution is -2.12. The Morgan fingerprint density at radius 1 is 1.50 bits per heavy atom. The predicted molar refractivity (Wildman–Crippen MR) is 65.2 cm³/mol. The molecular formula is C10H9ClN4S. The molecule has 0 amide bonds. The highest BCUT2D eigenvalue weighted by Gasteiger charge is 2.08. The van der Waals surface area contributed by atoms with Crippen molar-refractivity contribution in [3.8, 4) is 0 Å². The third-order valence-electron chi connectivity index (χ3n) is 1.91. The molecular weight excluding hydrogens is 244 g/mol. The van der Waals surface area contributed by atoms with Crippen molar-refractivity contribution in [3.63, 3.8) is 0 Å². The highest BCUT2D eigenvalue weighted by molar-refractivity contribution is 7.99. The second-order valence-corrected chi connectivity index (χ2v) is 4.52. The van der Waals surface area contributed by atoms with Gasteiger partial charge in [0.1, 0.15) is 5.84 Å². The van der Waals surface area contributed by atoms with Gasteiger partial charge in [0.2, 0.25) is 0 Å². The van der Waals surface area contributed by atoms with Gasteiger partial charge < -0.3 is 10.7 Å². The molecule has 0 unspecified atom stereocenters. The second kappa shape index (κ2) is 4.59. The van der Waals surface area contributed by atoms with E-state index in [0.29, 0.717) is 10.6 Å². The summed E-state index contributed by atoms with van der Waals surface area (Å²) in [6.45, 7) is 0. The number of H-pyrrole nitrogens is 1. The maximum absolute atomic E-state index is 7.48. The molecule has 4 nitrogen and oxygen atoms in total. The fourth-order valence-corrected chi connectivity index (χ4v) is 2.25. The number of nitrogen functional groups attached to an aromatic ring is 1. The largest absolute Gasteiger partial charge is 0.384 e. The van der Waals surface area contributed by atoms with Gasteiger partial charge in [-0.25, -0.2) is 4.98 Å². The summed E-state index contributed by atoms with van der Waals surface area (Å²) in [4.78, 5) is 7.93. The summed E-state index contributed by atoms with van der Waals surface area (Å²) in [5, 5.41) is 8.80. The summed E-state index contributed by atoms with van der Waals surface area (Å²) in [6.07, 6.45) is 3.41. The standard InChI is InChI=1S/C10H9ClN4S/c11-6-1-2-8(7(5-6)9(12)13)16-10-14-3-4-15-10/h1-5H,(H3,12,13)(H,14,15). The Balaban J connectivity index is 2.36. The van der Waals surface area contributed by atoms with Crippen molar-refractivity contribution in [2.24, 2.45) is 5.73 Å². The van der Waals surface area contributed by atoms with E-state index in [4.69, 9.17) is 22.7 Å². The maximum Gasteiger partial charge on any atom is 0.170 e. The lowest BCUT2D eigenvalue weighted by molar-refractivity contribution is 1.06. The fourth-order valence-electron chi connectivity index (χ4n) is 1.21. The van der Waals surface area contributed by atoms with Gasteiger partial charge in [0.05, 0.1) is 0 Å². The van der Waals surface area contributed by atoms with Crippen LogP contribution in [0.15, 0.2) is 40.6 Å².